The lowest BCUT2D eigenvalue weighted by molar-refractivity contribution is -0.0182. The van der Waals surface area contributed by atoms with Crippen molar-refractivity contribution in [1.29, 1.82) is 0 Å². The Bertz CT molecular complexity index is 525. The number of aliphatic hydroxyl groups is 1. The molecule has 1 aromatic heterocycles. The molecule has 0 saturated heterocycles. The SMILES string of the molecule is CC1N=Cc2ncn([C@@H]3O[C@H](CO)C=C3F)c2N1. The highest BCUT2D eigenvalue weighted by Gasteiger charge is 2.31. The summed E-state index contributed by atoms with van der Waals surface area (Å²) in [5.74, 6) is 0.246. The van der Waals surface area contributed by atoms with Crippen molar-refractivity contribution in [1.82, 2.24) is 9.55 Å². The third-order valence-electron chi connectivity index (χ3n) is 2.91. The van der Waals surface area contributed by atoms with Gasteiger partial charge in [-0.3, -0.25) is 9.56 Å². The Morgan fingerprint density at radius 1 is 1.61 bits per heavy atom. The minimum absolute atomic E-state index is 0.0879. The van der Waals surface area contributed by atoms with Crippen LogP contribution < -0.4 is 5.32 Å². The van der Waals surface area contributed by atoms with Crippen LogP contribution in [-0.4, -0.2) is 39.7 Å². The van der Waals surface area contributed by atoms with E-state index < -0.39 is 18.2 Å². The van der Waals surface area contributed by atoms with Gasteiger partial charge in [-0.1, -0.05) is 0 Å². The van der Waals surface area contributed by atoms with E-state index in [-0.39, 0.29) is 12.8 Å². The fourth-order valence-electron chi connectivity index (χ4n) is 2.04. The van der Waals surface area contributed by atoms with Gasteiger partial charge < -0.3 is 15.2 Å². The highest BCUT2D eigenvalue weighted by atomic mass is 19.1. The number of aromatic nitrogens is 2. The maximum Gasteiger partial charge on any atom is 0.189 e. The van der Waals surface area contributed by atoms with E-state index in [2.05, 4.69) is 15.3 Å². The molecule has 3 rings (SSSR count). The van der Waals surface area contributed by atoms with Crippen molar-refractivity contribution in [3.8, 4) is 0 Å². The quantitative estimate of drug-likeness (QED) is 0.817. The van der Waals surface area contributed by atoms with Crippen LogP contribution in [0.1, 0.15) is 18.8 Å². The standard InChI is InChI=1S/C11H13FN4O2/c1-6-13-3-9-10(15-6)16(5-14-9)11-8(12)2-7(4-17)18-11/h2-3,5-7,11,15,17H,4H2,1H3/t6?,7-,11+/m0/s1. The maximum absolute atomic E-state index is 13.8. The summed E-state index contributed by atoms with van der Waals surface area (Å²) in [7, 11) is 0. The van der Waals surface area contributed by atoms with Crippen LogP contribution in [0.15, 0.2) is 23.2 Å². The number of fused-ring (bicyclic) bond motifs is 1. The maximum atomic E-state index is 13.8. The van der Waals surface area contributed by atoms with Crippen molar-refractivity contribution in [2.75, 3.05) is 11.9 Å². The number of nitrogens with one attached hydrogen (secondary N) is 1. The Kier molecular flexibility index (Phi) is 2.64. The van der Waals surface area contributed by atoms with E-state index in [1.54, 1.807) is 10.8 Å². The highest BCUT2D eigenvalue weighted by molar-refractivity contribution is 5.86. The van der Waals surface area contributed by atoms with E-state index >= 15 is 0 Å². The van der Waals surface area contributed by atoms with Gasteiger partial charge in [-0.25, -0.2) is 9.37 Å². The summed E-state index contributed by atoms with van der Waals surface area (Å²) < 4.78 is 20.7. The van der Waals surface area contributed by atoms with Gasteiger partial charge in [0, 0.05) is 0 Å². The van der Waals surface area contributed by atoms with Crippen LogP contribution in [-0.2, 0) is 4.74 Å². The van der Waals surface area contributed by atoms with Crippen molar-refractivity contribution < 1.29 is 14.2 Å². The Morgan fingerprint density at radius 3 is 3.17 bits per heavy atom. The van der Waals surface area contributed by atoms with Gasteiger partial charge in [0.15, 0.2) is 6.23 Å². The molecule has 7 heteroatoms. The summed E-state index contributed by atoms with van der Waals surface area (Å²) in [6, 6.07) is 0. The molecular weight excluding hydrogens is 239 g/mol. The number of rotatable bonds is 2. The van der Waals surface area contributed by atoms with E-state index in [9.17, 15) is 4.39 Å². The first-order chi connectivity index (χ1) is 8.69. The number of anilines is 1. The number of nitrogens with zero attached hydrogens (tertiary/aromatic N) is 3. The zero-order valence-electron chi connectivity index (χ0n) is 9.75. The monoisotopic (exact) mass is 252 g/mol. The molecule has 2 aliphatic heterocycles. The van der Waals surface area contributed by atoms with E-state index in [0.29, 0.717) is 11.5 Å². The second-order valence-corrected chi connectivity index (χ2v) is 4.25. The minimum Gasteiger partial charge on any atom is -0.393 e. The molecule has 0 spiro atoms. The van der Waals surface area contributed by atoms with Crippen LogP contribution in [0.2, 0.25) is 0 Å². The zero-order valence-corrected chi connectivity index (χ0v) is 9.75. The van der Waals surface area contributed by atoms with Crippen molar-refractivity contribution in [3.05, 3.63) is 23.9 Å². The van der Waals surface area contributed by atoms with Crippen molar-refractivity contribution in [3.63, 3.8) is 0 Å². The van der Waals surface area contributed by atoms with E-state index in [1.807, 2.05) is 6.92 Å². The molecule has 2 aliphatic rings. The van der Waals surface area contributed by atoms with Gasteiger partial charge in [0.05, 0.1) is 19.1 Å². The molecule has 0 saturated carbocycles. The molecule has 0 radical (unpaired) electrons. The van der Waals surface area contributed by atoms with E-state index in [4.69, 9.17) is 9.84 Å². The van der Waals surface area contributed by atoms with Crippen LogP contribution in [0.25, 0.3) is 0 Å². The summed E-state index contributed by atoms with van der Waals surface area (Å²) in [5, 5.41) is 12.1. The molecule has 3 heterocycles. The lowest BCUT2D eigenvalue weighted by atomic mass is 10.3. The topological polar surface area (TPSA) is 71.7 Å². The molecule has 0 amide bonds. The van der Waals surface area contributed by atoms with Gasteiger partial charge >= 0.3 is 0 Å². The van der Waals surface area contributed by atoms with Gasteiger partial charge in [-0.15, -0.1) is 0 Å². The largest absolute Gasteiger partial charge is 0.393 e. The van der Waals surface area contributed by atoms with Crippen LogP contribution in [0, 0.1) is 0 Å². The molecule has 96 valence electrons. The summed E-state index contributed by atoms with van der Waals surface area (Å²) in [5.41, 5.74) is 0.650. The molecular formula is C11H13FN4O2. The molecule has 0 aliphatic carbocycles. The Hall–Kier alpha value is -1.73. The van der Waals surface area contributed by atoms with Crippen LogP contribution in [0.4, 0.5) is 10.2 Å². The van der Waals surface area contributed by atoms with Gasteiger partial charge in [-0.05, 0) is 13.0 Å². The fourth-order valence-corrected chi connectivity index (χ4v) is 2.04. The average Bonchev–Trinajstić information content (AvgIpc) is 2.92. The van der Waals surface area contributed by atoms with Crippen molar-refractivity contribution >= 4 is 12.0 Å². The number of ether oxygens (including phenoxy) is 1. The van der Waals surface area contributed by atoms with Crippen LogP contribution in [0.5, 0.6) is 0 Å². The molecule has 18 heavy (non-hydrogen) atoms. The molecule has 2 N–H and O–H groups in total. The fraction of sp³-hybridized carbons (Fsp3) is 0.455. The lowest BCUT2D eigenvalue weighted by Gasteiger charge is -2.21. The Balaban J connectivity index is 1.93. The summed E-state index contributed by atoms with van der Waals surface area (Å²) >= 11 is 0. The molecule has 0 bridgehead atoms. The number of aliphatic imine (C=N–C) groups is 1. The van der Waals surface area contributed by atoms with Crippen LogP contribution >= 0.6 is 0 Å². The number of hydrogen-bond donors (Lipinski definition) is 2. The first kappa shape index (κ1) is 11.4. The molecule has 0 fully saturated rings. The molecule has 0 aromatic carbocycles. The summed E-state index contributed by atoms with van der Waals surface area (Å²) in [6.07, 6.45) is 2.85. The van der Waals surface area contributed by atoms with Gasteiger partial charge in [0.1, 0.15) is 29.6 Å². The van der Waals surface area contributed by atoms with Gasteiger partial charge in [0.25, 0.3) is 0 Å². The second kappa shape index (κ2) is 4.18. The molecule has 6 nitrogen and oxygen atoms in total. The minimum atomic E-state index is -0.871. The predicted octanol–water partition coefficient (Wildman–Crippen LogP) is 0.817. The number of hydrogen-bond acceptors (Lipinski definition) is 5. The lowest BCUT2D eigenvalue weighted by Crippen LogP contribution is -2.23. The van der Waals surface area contributed by atoms with E-state index in [0.717, 1.165) is 0 Å². The van der Waals surface area contributed by atoms with Crippen molar-refractivity contribution in [2.45, 2.75) is 25.4 Å². The number of halogens is 1. The second-order valence-electron chi connectivity index (χ2n) is 4.25. The average molecular weight is 252 g/mol. The third kappa shape index (κ3) is 1.72. The number of aliphatic hydroxyl groups excluding tert-OH is 1. The third-order valence-corrected chi connectivity index (χ3v) is 2.91. The number of imidazole rings is 1. The zero-order chi connectivity index (χ0) is 12.7. The molecule has 1 unspecified atom stereocenters. The van der Waals surface area contributed by atoms with Gasteiger partial charge in [0.2, 0.25) is 0 Å². The Morgan fingerprint density at radius 2 is 2.44 bits per heavy atom. The predicted molar refractivity (Wildman–Crippen MR) is 63.1 cm³/mol. The normalized spacial score (nSPS) is 29.9. The van der Waals surface area contributed by atoms with Crippen molar-refractivity contribution in [2.24, 2.45) is 4.99 Å². The summed E-state index contributed by atoms with van der Waals surface area (Å²) in [6.45, 7) is 1.64. The Labute approximate surface area is 103 Å². The smallest absolute Gasteiger partial charge is 0.189 e. The first-order valence-electron chi connectivity index (χ1n) is 5.69. The highest BCUT2D eigenvalue weighted by Crippen LogP contribution is 2.33. The molecule has 1 aromatic rings. The molecule has 3 atom stereocenters. The van der Waals surface area contributed by atoms with Crippen LogP contribution in [0.3, 0.4) is 0 Å². The first-order valence-corrected chi connectivity index (χ1v) is 5.69. The summed E-state index contributed by atoms with van der Waals surface area (Å²) in [4.78, 5) is 8.30. The van der Waals surface area contributed by atoms with E-state index in [1.165, 1.54) is 12.4 Å². The van der Waals surface area contributed by atoms with Gasteiger partial charge in [-0.2, -0.15) is 0 Å².